The van der Waals surface area contributed by atoms with Gasteiger partial charge in [0.2, 0.25) is 5.43 Å². The average molecular weight is 447 g/mol. The Bertz CT molecular complexity index is 1340. The lowest BCUT2D eigenvalue weighted by Crippen LogP contribution is -2.39. The molecular formula is C25H23F2N5O. The molecule has 8 heteroatoms. The normalized spacial score (nSPS) is 15.5. The molecule has 0 aliphatic carbocycles. The molecule has 0 spiro atoms. The molecule has 0 amide bonds. The van der Waals surface area contributed by atoms with E-state index in [4.69, 9.17) is 0 Å². The molecule has 0 unspecified atom stereocenters. The van der Waals surface area contributed by atoms with Gasteiger partial charge in [-0.1, -0.05) is 18.2 Å². The Kier molecular flexibility index (Phi) is 5.28. The molecule has 1 saturated heterocycles. The van der Waals surface area contributed by atoms with Gasteiger partial charge in [-0.15, -0.1) is 0 Å². The van der Waals surface area contributed by atoms with Crippen molar-refractivity contribution in [3.05, 3.63) is 88.8 Å². The third kappa shape index (κ3) is 4.16. The van der Waals surface area contributed by atoms with Crippen molar-refractivity contribution < 1.29 is 8.78 Å². The molecule has 1 aliphatic rings. The molecule has 168 valence electrons. The van der Waals surface area contributed by atoms with Gasteiger partial charge in [0.25, 0.3) is 5.92 Å². The molecule has 0 atom stereocenters. The van der Waals surface area contributed by atoms with E-state index in [0.717, 1.165) is 22.6 Å². The molecule has 33 heavy (non-hydrogen) atoms. The van der Waals surface area contributed by atoms with E-state index in [0.29, 0.717) is 24.5 Å². The second-order valence-corrected chi connectivity index (χ2v) is 8.25. The number of hydrogen-bond acceptors (Lipinski definition) is 4. The van der Waals surface area contributed by atoms with Crippen LogP contribution in [0.15, 0.2) is 77.9 Å². The van der Waals surface area contributed by atoms with Gasteiger partial charge in [0, 0.05) is 43.9 Å². The Morgan fingerprint density at radius 1 is 0.939 bits per heavy atom. The molecule has 1 fully saturated rings. The number of nitrogens with zero attached hydrogens (tertiary/aromatic N) is 5. The van der Waals surface area contributed by atoms with Crippen molar-refractivity contribution in [2.24, 2.45) is 0 Å². The van der Waals surface area contributed by atoms with Gasteiger partial charge in [-0.2, -0.15) is 10.2 Å². The van der Waals surface area contributed by atoms with Crippen molar-refractivity contribution in [2.75, 3.05) is 18.0 Å². The third-order valence-corrected chi connectivity index (χ3v) is 5.98. The largest absolute Gasteiger partial charge is 0.371 e. The molecular weight excluding hydrogens is 424 g/mol. The number of halogens is 2. The van der Waals surface area contributed by atoms with E-state index in [-0.39, 0.29) is 18.3 Å². The molecule has 2 aromatic heterocycles. The number of piperidine rings is 1. The maximum Gasteiger partial charge on any atom is 0.251 e. The number of anilines is 1. The van der Waals surface area contributed by atoms with Crippen LogP contribution in [0.1, 0.15) is 18.4 Å². The highest BCUT2D eigenvalue weighted by molar-refractivity contribution is 5.59. The minimum Gasteiger partial charge on any atom is -0.371 e. The molecule has 5 rings (SSSR count). The van der Waals surface area contributed by atoms with Gasteiger partial charge >= 0.3 is 0 Å². The monoisotopic (exact) mass is 447 g/mol. The van der Waals surface area contributed by atoms with E-state index in [2.05, 4.69) is 10.2 Å². The lowest BCUT2D eigenvalue weighted by molar-refractivity contribution is -0.0220. The number of alkyl halides is 2. The molecule has 3 heterocycles. The zero-order chi connectivity index (χ0) is 23.0. The summed E-state index contributed by atoms with van der Waals surface area (Å²) in [5, 5.41) is 8.99. The van der Waals surface area contributed by atoms with Crippen LogP contribution in [0, 0.1) is 6.92 Å². The molecule has 6 nitrogen and oxygen atoms in total. The van der Waals surface area contributed by atoms with E-state index in [1.807, 2.05) is 60.4 Å². The highest BCUT2D eigenvalue weighted by Crippen LogP contribution is 2.31. The molecule has 1 aliphatic heterocycles. The summed E-state index contributed by atoms with van der Waals surface area (Å²) in [6.07, 6.45) is 3.02. The fraction of sp³-hybridized carbons (Fsp3) is 0.240. The van der Waals surface area contributed by atoms with E-state index in [1.165, 1.54) is 6.07 Å². The maximum atomic E-state index is 13.5. The summed E-state index contributed by atoms with van der Waals surface area (Å²) >= 11 is 0. The first-order valence-corrected chi connectivity index (χ1v) is 10.8. The number of aryl methyl sites for hydroxylation is 1. The van der Waals surface area contributed by atoms with Crippen LogP contribution >= 0.6 is 0 Å². The minimum absolute atomic E-state index is 0.131. The summed E-state index contributed by atoms with van der Waals surface area (Å²) in [6.45, 7) is 2.61. The Balaban J connectivity index is 1.48. The molecule has 2 aromatic carbocycles. The summed E-state index contributed by atoms with van der Waals surface area (Å²) in [5.41, 5.74) is 4.19. The minimum atomic E-state index is -2.58. The van der Waals surface area contributed by atoms with Crippen LogP contribution in [0.4, 0.5) is 14.5 Å². The lowest BCUT2D eigenvalue weighted by atomic mass is 10.1. The lowest BCUT2D eigenvalue weighted by Gasteiger charge is -2.33. The summed E-state index contributed by atoms with van der Waals surface area (Å²) in [6, 6.07) is 18.6. The number of hydrogen-bond donors (Lipinski definition) is 0. The fourth-order valence-electron chi connectivity index (χ4n) is 4.16. The smallest absolute Gasteiger partial charge is 0.251 e. The molecule has 0 bridgehead atoms. The first-order chi connectivity index (χ1) is 15.9. The van der Waals surface area contributed by atoms with Crippen LogP contribution in [0.5, 0.6) is 0 Å². The summed E-state index contributed by atoms with van der Waals surface area (Å²) < 4.78 is 30.4. The number of aromatic nitrogens is 4. The zero-order valence-corrected chi connectivity index (χ0v) is 18.2. The summed E-state index contributed by atoms with van der Waals surface area (Å²) in [5.74, 6) is -2.58. The van der Waals surface area contributed by atoms with Gasteiger partial charge in [-0.3, -0.25) is 4.79 Å². The third-order valence-electron chi connectivity index (χ3n) is 5.98. The Labute approximate surface area is 189 Å². The van der Waals surface area contributed by atoms with Crippen LogP contribution < -0.4 is 10.3 Å². The quantitative estimate of drug-likeness (QED) is 0.458. The van der Waals surface area contributed by atoms with Crippen molar-refractivity contribution in [3.8, 4) is 22.8 Å². The van der Waals surface area contributed by atoms with Crippen LogP contribution in [-0.4, -0.2) is 38.6 Å². The maximum absolute atomic E-state index is 13.5. The average Bonchev–Trinajstić information content (AvgIpc) is 3.30. The highest BCUT2D eigenvalue weighted by Gasteiger charge is 2.34. The van der Waals surface area contributed by atoms with E-state index in [1.54, 1.807) is 27.8 Å². The SMILES string of the molecule is Cc1cc(N2CCC(F)(F)CC2)ccc1-n1ccc(=O)c(-c2ccnn2-c2ccccc2)n1. The zero-order valence-electron chi connectivity index (χ0n) is 18.2. The van der Waals surface area contributed by atoms with E-state index in [9.17, 15) is 13.6 Å². The Hall–Kier alpha value is -3.81. The molecule has 0 radical (unpaired) electrons. The second-order valence-electron chi connectivity index (χ2n) is 8.25. The fourth-order valence-corrected chi connectivity index (χ4v) is 4.16. The Morgan fingerprint density at radius 3 is 2.42 bits per heavy atom. The highest BCUT2D eigenvalue weighted by atomic mass is 19.3. The Morgan fingerprint density at radius 2 is 1.70 bits per heavy atom. The predicted molar refractivity (Wildman–Crippen MR) is 124 cm³/mol. The van der Waals surface area contributed by atoms with Crippen molar-refractivity contribution in [1.82, 2.24) is 19.6 Å². The van der Waals surface area contributed by atoms with Gasteiger partial charge in [0.05, 0.1) is 23.3 Å². The van der Waals surface area contributed by atoms with Gasteiger partial charge in [-0.25, -0.2) is 18.1 Å². The number of para-hydroxylation sites is 1. The molecule has 0 saturated carbocycles. The van der Waals surface area contributed by atoms with Gasteiger partial charge in [0.1, 0.15) is 0 Å². The predicted octanol–water partition coefficient (Wildman–Crippen LogP) is 4.63. The summed E-state index contributed by atoms with van der Waals surface area (Å²) in [4.78, 5) is 14.7. The van der Waals surface area contributed by atoms with Crippen LogP contribution in [-0.2, 0) is 0 Å². The van der Waals surface area contributed by atoms with E-state index < -0.39 is 5.92 Å². The van der Waals surface area contributed by atoms with E-state index >= 15 is 0 Å². The topological polar surface area (TPSA) is 56.0 Å². The van der Waals surface area contributed by atoms with Crippen molar-refractivity contribution >= 4 is 5.69 Å². The second kappa shape index (κ2) is 8.27. The van der Waals surface area contributed by atoms with Crippen molar-refractivity contribution in [3.63, 3.8) is 0 Å². The first kappa shape index (κ1) is 21.1. The van der Waals surface area contributed by atoms with Crippen LogP contribution in [0.25, 0.3) is 22.8 Å². The standard InChI is InChI=1S/C25H23F2N5O/c1-18-17-20(30-15-11-25(26,27)12-16-30)7-8-21(18)31-14-10-23(33)24(29-31)22-9-13-28-32(22)19-5-3-2-4-6-19/h2-10,13-14,17H,11-12,15-16H2,1H3. The molecule has 4 aromatic rings. The number of rotatable bonds is 4. The molecule has 0 N–H and O–H groups in total. The van der Waals surface area contributed by atoms with Gasteiger partial charge in [0.15, 0.2) is 5.69 Å². The van der Waals surface area contributed by atoms with Crippen LogP contribution in [0.2, 0.25) is 0 Å². The van der Waals surface area contributed by atoms with Crippen LogP contribution in [0.3, 0.4) is 0 Å². The van der Waals surface area contributed by atoms with Crippen molar-refractivity contribution in [2.45, 2.75) is 25.7 Å². The summed E-state index contributed by atoms with van der Waals surface area (Å²) in [7, 11) is 0. The van der Waals surface area contributed by atoms with Gasteiger partial charge < -0.3 is 4.90 Å². The van der Waals surface area contributed by atoms with Gasteiger partial charge in [-0.05, 0) is 48.9 Å². The number of benzene rings is 2. The first-order valence-electron chi connectivity index (χ1n) is 10.8. The van der Waals surface area contributed by atoms with Crippen molar-refractivity contribution in [1.29, 1.82) is 0 Å².